The molecule has 0 saturated carbocycles. The molecule has 0 aliphatic heterocycles. The van der Waals surface area contributed by atoms with E-state index in [0.29, 0.717) is 28.7 Å². The summed E-state index contributed by atoms with van der Waals surface area (Å²) in [5, 5.41) is 15.2. The van der Waals surface area contributed by atoms with E-state index in [4.69, 9.17) is 14.7 Å². The lowest BCUT2D eigenvalue weighted by atomic mass is 10.2. The van der Waals surface area contributed by atoms with Crippen LogP contribution >= 0.6 is 0 Å². The van der Waals surface area contributed by atoms with Gasteiger partial charge >= 0.3 is 0 Å². The van der Waals surface area contributed by atoms with Gasteiger partial charge in [-0.15, -0.1) is 0 Å². The molecule has 3 aromatic rings. The number of ether oxygens (including phenoxy) is 2. The molecule has 0 saturated heterocycles. The lowest BCUT2D eigenvalue weighted by molar-refractivity contribution is 0.395. The summed E-state index contributed by atoms with van der Waals surface area (Å²) in [6, 6.07) is 16.5. The van der Waals surface area contributed by atoms with E-state index in [0.717, 1.165) is 11.4 Å². The van der Waals surface area contributed by atoms with Gasteiger partial charge in [-0.1, -0.05) is 0 Å². The molecule has 0 bridgehead atoms. The van der Waals surface area contributed by atoms with Gasteiger partial charge in [-0.05, 0) is 36.4 Å². The van der Waals surface area contributed by atoms with Crippen LogP contribution in [0.4, 0.5) is 23.0 Å². The highest BCUT2D eigenvalue weighted by Gasteiger charge is 2.07. The van der Waals surface area contributed by atoms with Crippen LogP contribution in [-0.4, -0.2) is 24.2 Å². The predicted molar refractivity (Wildman–Crippen MR) is 99.3 cm³/mol. The number of rotatable bonds is 6. The Kier molecular flexibility index (Phi) is 5.15. The van der Waals surface area contributed by atoms with Crippen molar-refractivity contribution in [1.29, 1.82) is 5.26 Å². The molecule has 1 aromatic heterocycles. The molecule has 0 spiro atoms. The summed E-state index contributed by atoms with van der Waals surface area (Å²) in [7, 11) is 3.20. The van der Waals surface area contributed by atoms with Gasteiger partial charge in [0.05, 0.1) is 31.5 Å². The van der Waals surface area contributed by atoms with Crippen LogP contribution in [0.1, 0.15) is 5.56 Å². The molecular weight excluding hydrogens is 330 g/mol. The SMILES string of the molecule is COc1ccc(Nc2cc(Nc3ccc(C#N)cc3)ncn2)c(OC)c1. The smallest absolute Gasteiger partial charge is 0.146 e. The Morgan fingerprint density at radius 2 is 1.62 bits per heavy atom. The van der Waals surface area contributed by atoms with E-state index in [2.05, 4.69) is 26.7 Å². The Morgan fingerprint density at radius 3 is 2.27 bits per heavy atom. The highest BCUT2D eigenvalue weighted by Crippen LogP contribution is 2.31. The zero-order valence-corrected chi connectivity index (χ0v) is 14.4. The minimum Gasteiger partial charge on any atom is -0.497 e. The first-order chi connectivity index (χ1) is 12.7. The third-order valence-electron chi connectivity index (χ3n) is 3.62. The number of methoxy groups -OCH3 is 2. The van der Waals surface area contributed by atoms with Gasteiger partial charge in [-0.2, -0.15) is 5.26 Å². The van der Waals surface area contributed by atoms with Gasteiger partial charge in [0.15, 0.2) is 0 Å². The fourth-order valence-electron chi connectivity index (χ4n) is 2.31. The third kappa shape index (κ3) is 3.99. The topological polar surface area (TPSA) is 92.1 Å². The first kappa shape index (κ1) is 17.0. The highest BCUT2D eigenvalue weighted by atomic mass is 16.5. The molecule has 2 aromatic carbocycles. The number of hydrogen-bond donors (Lipinski definition) is 2. The van der Waals surface area contributed by atoms with Crippen LogP contribution in [0.15, 0.2) is 54.9 Å². The van der Waals surface area contributed by atoms with Crippen molar-refractivity contribution in [2.75, 3.05) is 24.9 Å². The van der Waals surface area contributed by atoms with Crippen molar-refractivity contribution in [3.8, 4) is 17.6 Å². The Labute approximate surface area is 151 Å². The zero-order chi connectivity index (χ0) is 18.4. The predicted octanol–water partition coefficient (Wildman–Crippen LogP) is 3.85. The van der Waals surface area contributed by atoms with E-state index >= 15 is 0 Å². The van der Waals surface area contributed by atoms with Crippen LogP contribution in [0.2, 0.25) is 0 Å². The van der Waals surface area contributed by atoms with Crippen molar-refractivity contribution < 1.29 is 9.47 Å². The molecule has 0 atom stereocenters. The van der Waals surface area contributed by atoms with Gasteiger partial charge in [0, 0.05) is 17.8 Å². The summed E-state index contributed by atoms with van der Waals surface area (Å²) >= 11 is 0. The lowest BCUT2D eigenvalue weighted by Crippen LogP contribution is -2.00. The lowest BCUT2D eigenvalue weighted by Gasteiger charge is -2.12. The Bertz CT molecular complexity index is 935. The van der Waals surface area contributed by atoms with Crippen molar-refractivity contribution in [3.05, 3.63) is 60.4 Å². The van der Waals surface area contributed by atoms with Crippen LogP contribution in [-0.2, 0) is 0 Å². The van der Waals surface area contributed by atoms with Crippen LogP contribution in [0.3, 0.4) is 0 Å². The third-order valence-corrected chi connectivity index (χ3v) is 3.62. The largest absolute Gasteiger partial charge is 0.497 e. The van der Waals surface area contributed by atoms with Gasteiger partial charge in [0.1, 0.15) is 29.5 Å². The summed E-state index contributed by atoms with van der Waals surface area (Å²) < 4.78 is 10.6. The van der Waals surface area contributed by atoms with Gasteiger partial charge in [-0.3, -0.25) is 0 Å². The molecule has 0 aliphatic carbocycles. The Balaban J connectivity index is 1.78. The van der Waals surface area contributed by atoms with Crippen molar-refractivity contribution in [1.82, 2.24) is 9.97 Å². The molecule has 130 valence electrons. The van der Waals surface area contributed by atoms with Crippen molar-refractivity contribution in [2.24, 2.45) is 0 Å². The van der Waals surface area contributed by atoms with E-state index in [1.54, 1.807) is 38.5 Å². The van der Waals surface area contributed by atoms with Crippen LogP contribution < -0.4 is 20.1 Å². The zero-order valence-electron chi connectivity index (χ0n) is 14.4. The fourth-order valence-corrected chi connectivity index (χ4v) is 2.31. The minimum atomic E-state index is 0.604. The second-order valence-electron chi connectivity index (χ2n) is 5.29. The summed E-state index contributed by atoms with van der Waals surface area (Å²) in [5.74, 6) is 2.59. The number of nitrogens with one attached hydrogen (secondary N) is 2. The number of aromatic nitrogens is 2. The summed E-state index contributed by atoms with van der Waals surface area (Å²) in [4.78, 5) is 8.44. The van der Waals surface area contributed by atoms with E-state index in [1.165, 1.54) is 6.33 Å². The van der Waals surface area contributed by atoms with Gasteiger partial charge in [-0.25, -0.2) is 9.97 Å². The van der Waals surface area contributed by atoms with Crippen LogP contribution in [0, 0.1) is 11.3 Å². The van der Waals surface area contributed by atoms with Crippen molar-refractivity contribution in [2.45, 2.75) is 0 Å². The molecule has 2 N–H and O–H groups in total. The molecule has 0 amide bonds. The highest BCUT2D eigenvalue weighted by molar-refractivity contribution is 5.68. The normalized spacial score (nSPS) is 9.88. The summed E-state index contributed by atoms with van der Waals surface area (Å²) in [5.41, 5.74) is 2.19. The maximum Gasteiger partial charge on any atom is 0.146 e. The molecule has 7 nitrogen and oxygen atoms in total. The number of nitrogens with zero attached hydrogens (tertiary/aromatic N) is 3. The van der Waals surface area contributed by atoms with Crippen molar-refractivity contribution in [3.63, 3.8) is 0 Å². The monoisotopic (exact) mass is 347 g/mol. The maximum absolute atomic E-state index is 8.85. The van der Waals surface area contributed by atoms with Gasteiger partial charge in [0.2, 0.25) is 0 Å². The van der Waals surface area contributed by atoms with E-state index in [1.807, 2.05) is 24.3 Å². The molecule has 0 fully saturated rings. The van der Waals surface area contributed by atoms with Gasteiger partial charge in [0.25, 0.3) is 0 Å². The molecule has 0 radical (unpaired) electrons. The molecule has 1 heterocycles. The fraction of sp³-hybridized carbons (Fsp3) is 0.105. The molecule has 7 heteroatoms. The summed E-state index contributed by atoms with van der Waals surface area (Å²) in [6.07, 6.45) is 1.46. The maximum atomic E-state index is 8.85. The number of nitriles is 1. The second-order valence-corrected chi connectivity index (χ2v) is 5.29. The Morgan fingerprint density at radius 1 is 0.885 bits per heavy atom. The quantitative estimate of drug-likeness (QED) is 0.699. The number of hydrogen-bond acceptors (Lipinski definition) is 7. The molecule has 26 heavy (non-hydrogen) atoms. The van der Waals surface area contributed by atoms with E-state index in [9.17, 15) is 0 Å². The average molecular weight is 347 g/mol. The van der Waals surface area contributed by atoms with E-state index < -0.39 is 0 Å². The first-order valence-corrected chi connectivity index (χ1v) is 7.80. The molecule has 3 rings (SSSR count). The Hall–Kier alpha value is -3.79. The van der Waals surface area contributed by atoms with Crippen molar-refractivity contribution >= 4 is 23.0 Å². The molecule has 0 unspecified atom stereocenters. The number of anilines is 4. The molecular formula is C19H17N5O2. The van der Waals surface area contributed by atoms with Gasteiger partial charge < -0.3 is 20.1 Å². The second kappa shape index (κ2) is 7.85. The first-order valence-electron chi connectivity index (χ1n) is 7.80. The number of benzene rings is 2. The standard InChI is InChI=1S/C19H17N5O2/c1-25-15-7-8-16(17(9-15)26-2)24-19-10-18(21-12-22-19)23-14-5-3-13(11-20)4-6-14/h3-10,12H,1-2H3,(H2,21,22,23,24). The summed E-state index contributed by atoms with van der Waals surface area (Å²) in [6.45, 7) is 0. The van der Waals surface area contributed by atoms with Crippen LogP contribution in [0.25, 0.3) is 0 Å². The average Bonchev–Trinajstić information content (AvgIpc) is 2.69. The minimum absolute atomic E-state index is 0.604. The van der Waals surface area contributed by atoms with E-state index in [-0.39, 0.29) is 0 Å². The van der Waals surface area contributed by atoms with Crippen LogP contribution in [0.5, 0.6) is 11.5 Å². The molecule has 0 aliphatic rings.